The number of anilines is 2. The van der Waals surface area contributed by atoms with E-state index in [1.165, 1.54) is 25.7 Å². The number of hydrazine groups is 1. The summed E-state index contributed by atoms with van der Waals surface area (Å²) in [6.45, 7) is 2.33. The number of hydrogen-bond acceptors (Lipinski definition) is 4. The largest absolute Gasteiger partial charge is 0.382 e. The van der Waals surface area contributed by atoms with E-state index in [4.69, 9.17) is 5.84 Å². The summed E-state index contributed by atoms with van der Waals surface area (Å²) >= 11 is 0. The van der Waals surface area contributed by atoms with Crippen molar-refractivity contribution in [3.05, 3.63) is 18.3 Å². The molecule has 0 radical (unpaired) electrons. The molecule has 0 saturated heterocycles. The molecule has 1 saturated carbocycles. The van der Waals surface area contributed by atoms with Crippen LogP contribution in [-0.2, 0) is 0 Å². The third-order valence-corrected chi connectivity index (χ3v) is 3.22. The van der Waals surface area contributed by atoms with Crippen molar-refractivity contribution in [2.75, 3.05) is 10.7 Å². The zero-order valence-electron chi connectivity index (χ0n) is 9.74. The predicted molar refractivity (Wildman–Crippen MR) is 67.1 cm³/mol. The Labute approximate surface area is 96.6 Å². The van der Waals surface area contributed by atoms with Crippen molar-refractivity contribution in [1.29, 1.82) is 0 Å². The van der Waals surface area contributed by atoms with E-state index in [1.54, 1.807) is 6.20 Å². The van der Waals surface area contributed by atoms with E-state index in [0.717, 1.165) is 11.6 Å². The second-order valence-electron chi connectivity index (χ2n) is 4.69. The smallest absolute Gasteiger partial charge is 0.141 e. The lowest BCUT2D eigenvalue weighted by molar-refractivity contribution is 0.358. The molecule has 4 nitrogen and oxygen atoms in total. The number of nitrogen functional groups attached to an aromatic ring is 1. The Morgan fingerprint density at radius 2 is 2.31 bits per heavy atom. The third-order valence-electron chi connectivity index (χ3n) is 3.22. The van der Waals surface area contributed by atoms with Gasteiger partial charge in [-0.05, 0) is 24.8 Å². The van der Waals surface area contributed by atoms with E-state index in [0.29, 0.717) is 11.9 Å². The lowest BCUT2D eigenvalue weighted by Crippen LogP contribution is -2.26. The molecule has 2 atom stereocenters. The van der Waals surface area contributed by atoms with Crippen LogP contribution in [-0.4, -0.2) is 11.0 Å². The van der Waals surface area contributed by atoms with Crippen molar-refractivity contribution in [3.63, 3.8) is 0 Å². The number of hydrogen-bond donors (Lipinski definition) is 3. The average Bonchev–Trinajstić information content (AvgIpc) is 2.29. The average molecular weight is 220 g/mol. The molecule has 0 aliphatic heterocycles. The normalized spacial score (nSPS) is 25.1. The van der Waals surface area contributed by atoms with Gasteiger partial charge in [-0.3, -0.25) is 0 Å². The van der Waals surface area contributed by atoms with E-state index in [1.807, 2.05) is 12.1 Å². The molecule has 1 fully saturated rings. The number of nitrogens with zero attached hydrogens (tertiary/aromatic N) is 1. The Hall–Kier alpha value is -1.29. The number of pyridine rings is 1. The highest BCUT2D eigenvalue weighted by atomic mass is 15.2. The predicted octanol–water partition coefficient (Wildman–Crippen LogP) is 2.36. The van der Waals surface area contributed by atoms with Gasteiger partial charge in [0.2, 0.25) is 0 Å². The van der Waals surface area contributed by atoms with Crippen LogP contribution in [0, 0.1) is 5.92 Å². The second-order valence-corrected chi connectivity index (χ2v) is 4.69. The molecule has 16 heavy (non-hydrogen) atoms. The monoisotopic (exact) mass is 220 g/mol. The lowest BCUT2D eigenvalue weighted by atomic mass is 9.87. The fourth-order valence-electron chi connectivity index (χ4n) is 2.40. The van der Waals surface area contributed by atoms with Crippen LogP contribution in [0.4, 0.5) is 11.5 Å². The van der Waals surface area contributed by atoms with Crippen molar-refractivity contribution in [1.82, 2.24) is 4.98 Å². The van der Waals surface area contributed by atoms with Gasteiger partial charge in [-0.1, -0.05) is 19.8 Å². The fraction of sp³-hybridized carbons (Fsp3) is 0.583. The number of rotatable bonds is 3. The number of nitrogens with one attached hydrogen (secondary N) is 2. The molecule has 1 aromatic heterocycles. The first-order chi connectivity index (χ1) is 7.78. The molecule has 1 aliphatic rings. The standard InChI is InChI=1S/C12H20N4/c1-9-3-2-4-10(7-9)15-11-5-6-14-12(8-11)16-13/h5-6,8-10H,2-4,7,13H2,1H3,(H2,14,15,16). The molecular formula is C12H20N4. The Kier molecular flexibility index (Phi) is 3.62. The van der Waals surface area contributed by atoms with Crippen LogP contribution in [0.15, 0.2) is 18.3 Å². The molecule has 4 heteroatoms. The van der Waals surface area contributed by atoms with Gasteiger partial charge in [-0.15, -0.1) is 0 Å². The zero-order valence-corrected chi connectivity index (χ0v) is 9.74. The highest BCUT2D eigenvalue weighted by Crippen LogP contribution is 2.26. The van der Waals surface area contributed by atoms with Crippen molar-refractivity contribution in [2.24, 2.45) is 11.8 Å². The van der Waals surface area contributed by atoms with E-state index >= 15 is 0 Å². The van der Waals surface area contributed by atoms with Crippen LogP contribution >= 0.6 is 0 Å². The van der Waals surface area contributed by atoms with Crippen molar-refractivity contribution in [3.8, 4) is 0 Å². The summed E-state index contributed by atoms with van der Waals surface area (Å²) in [4.78, 5) is 4.09. The van der Waals surface area contributed by atoms with Crippen LogP contribution in [0.1, 0.15) is 32.6 Å². The van der Waals surface area contributed by atoms with Crippen molar-refractivity contribution < 1.29 is 0 Å². The molecule has 1 aliphatic carbocycles. The first kappa shape index (κ1) is 11.2. The van der Waals surface area contributed by atoms with Crippen molar-refractivity contribution in [2.45, 2.75) is 38.6 Å². The molecule has 2 rings (SSSR count). The van der Waals surface area contributed by atoms with Gasteiger partial charge < -0.3 is 10.7 Å². The van der Waals surface area contributed by atoms with Crippen LogP contribution in [0.3, 0.4) is 0 Å². The van der Waals surface area contributed by atoms with Crippen LogP contribution < -0.4 is 16.6 Å². The molecule has 0 aromatic carbocycles. The van der Waals surface area contributed by atoms with Crippen molar-refractivity contribution >= 4 is 11.5 Å². The van der Waals surface area contributed by atoms with Gasteiger partial charge >= 0.3 is 0 Å². The second kappa shape index (κ2) is 5.16. The summed E-state index contributed by atoms with van der Waals surface area (Å²) in [7, 11) is 0. The summed E-state index contributed by atoms with van der Waals surface area (Å²) < 4.78 is 0. The quantitative estimate of drug-likeness (QED) is 0.540. The van der Waals surface area contributed by atoms with Gasteiger partial charge in [-0.2, -0.15) is 0 Å². The highest BCUT2D eigenvalue weighted by molar-refractivity contribution is 5.51. The third kappa shape index (κ3) is 2.85. The maximum atomic E-state index is 5.33. The summed E-state index contributed by atoms with van der Waals surface area (Å²) in [5, 5.41) is 3.55. The molecule has 88 valence electrons. The topological polar surface area (TPSA) is 63.0 Å². The highest BCUT2D eigenvalue weighted by Gasteiger charge is 2.18. The molecule has 0 bridgehead atoms. The maximum Gasteiger partial charge on any atom is 0.141 e. The minimum Gasteiger partial charge on any atom is -0.382 e. The minimum absolute atomic E-state index is 0.594. The Morgan fingerprint density at radius 1 is 1.44 bits per heavy atom. The molecule has 1 heterocycles. The molecule has 4 N–H and O–H groups in total. The fourth-order valence-corrected chi connectivity index (χ4v) is 2.40. The first-order valence-electron chi connectivity index (χ1n) is 5.97. The minimum atomic E-state index is 0.594. The van der Waals surface area contributed by atoms with Crippen LogP contribution in [0.2, 0.25) is 0 Å². The molecular weight excluding hydrogens is 200 g/mol. The summed E-state index contributed by atoms with van der Waals surface area (Å²) in [6, 6.07) is 4.52. The van der Waals surface area contributed by atoms with Gasteiger partial charge in [0, 0.05) is 24.0 Å². The molecule has 0 amide bonds. The number of nitrogens with two attached hydrogens (primary N) is 1. The Morgan fingerprint density at radius 3 is 3.06 bits per heavy atom. The van der Waals surface area contributed by atoms with Gasteiger partial charge in [0.15, 0.2) is 0 Å². The van der Waals surface area contributed by atoms with E-state index in [2.05, 4.69) is 22.7 Å². The van der Waals surface area contributed by atoms with Gasteiger partial charge in [-0.25, -0.2) is 10.8 Å². The van der Waals surface area contributed by atoms with Crippen LogP contribution in [0.5, 0.6) is 0 Å². The first-order valence-corrected chi connectivity index (χ1v) is 5.97. The van der Waals surface area contributed by atoms with Gasteiger partial charge in [0.05, 0.1) is 0 Å². The zero-order chi connectivity index (χ0) is 11.4. The Balaban J connectivity index is 1.97. The van der Waals surface area contributed by atoms with Gasteiger partial charge in [0.25, 0.3) is 0 Å². The molecule has 1 aromatic rings. The maximum absolute atomic E-state index is 5.33. The summed E-state index contributed by atoms with van der Waals surface area (Å²) in [5.41, 5.74) is 3.66. The number of aromatic nitrogens is 1. The summed E-state index contributed by atoms with van der Waals surface area (Å²) in [6.07, 6.45) is 6.98. The SMILES string of the molecule is CC1CCCC(Nc2ccnc(NN)c2)C1. The van der Waals surface area contributed by atoms with E-state index < -0.39 is 0 Å². The molecule has 0 spiro atoms. The molecule has 2 unspecified atom stereocenters. The van der Waals surface area contributed by atoms with Crippen LogP contribution in [0.25, 0.3) is 0 Å². The Bertz CT molecular complexity index is 340. The van der Waals surface area contributed by atoms with E-state index in [9.17, 15) is 0 Å². The lowest BCUT2D eigenvalue weighted by Gasteiger charge is -2.28. The van der Waals surface area contributed by atoms with E-state index in [-0.39, 0.29) is 0 Å². The summed E-state index contributed by atoms with van der Waals surface area (Å²) in [5.74, 6) is 6.87. The van der Waals surface area contributed by atoms with Gasteiger partial charge in [0.1, 0.15) is 5.82 Å².